The molecule has 0 radical (unpaired) electrons. The lowest BCUT2D eigenvalue weighted by molar-refractivity contribution is 0.414. The van der Waals surface area contributed by atoms with E-state index in [9.17, 15) is 0 Å². The van der Waals surface area contributed by atoms with E-state index in [4.69, 9.17) is 17.0 Å². The number of aromatic nitrogens is 3. The Morgan fingerprint density at radius 2 is 2.19 bits per heavy atom. The number of ether oxygens (including phenoxy) is 1. The SMILES string of the molecule is COc1ccccc1C=Nn1c(-c2cccs2)n[nH]c1=S. The topological polar surface area (TPSA) is 55.2 Å². The fourth-order valence-corrected chi connectivity index (χ4v) is 2.73. The molecule has 0 unspecified atom stereocenters. The fraction of sp³-hybridized carbons (Fsp3) is 0.0714. The van der Waals surface area contributed by atoms with Crippen LogP contribution in [0.15, 0.2) is 46.9 Å². The molecule has 0 atom stereocenters. The first-order chi connectivity index (χ1) is 10.3. The Balaban J connectivity index is 2.01. The Bertz CT molecular complexity index is 818. The molecule has 0 saturated carbocycles. The van der Waals surface area contributed by atoms with Gasteiger partial charge in [-0.15, -0.1) is 11.3 Å². The zero-order valence-electron chi connectivity index (χ0n) is 11.2. The standard InChI is InChI=1S/C14H12N4OS2/c1-19-11-6-3-2-5-10(11)9-15-18-13(16-17-14(18)20)12-7-4-8-21-12/h2-9H,1H3,(H,17,20). The van der Waals surface area contributed by atoms with Crippen LogP contribution >= 0.6 is 23.6 Å². The zero-order valence-corrected chi connectivity index (χ0v) is 12.8. The summed E-state index contributed by atoms with van der Waals surface area (Å²) in [5.74, 6) is 1.45. The van der Waals surface area contributed by atoms with Crippen molar-refractivity contribution < 1.29 is 4.74 Å². The molecule has 0 amide bonds. The molecule has 3 aromatic rings. The summed E-state index contributed by atoms with van der Waals surface area (Å²) in [6.45, 7) is 0. The van der Waals surface area contributed by atoms with E-state index in [2.05, 4.69) is 15.3 Å². The number of H-pyrrole nitrogens is 1. The second-order valence-electron chi connectivity index (χ2n) is 4.13. The monoisotopic (exact) mass is 316 g/mol. The van der Waals surface area contributed by atoms with Crippen LogP contribution in [0.4, 0.5) is 0 Å². The van der Waals surface area contributed by atoms with Crippen LogP contribution in [0.3, 0.4) is 0 Å². The van der Waals surface area contributed by atoms with Gasteiger partial charge in [0.2, 0.25) is 4.77 Å². The van der Waals surface area contributed by atoms with Gasteiger partial charge < -0.3 is 4.74 Å². The Morgan fingerprint density at radius 1 is 1.33 bits per heavy atom. The molecule has 0 aliphatic heterocycles. The highest BCUT2D eigenvalue weighted by molar-refractivity contribution is 7.71. The highest BCUT2D eigenvalue weighted by Crippen LogP contribution is 2.23. The lowest BCUT2D eigenvalue weighted by Crippen LogP contribution is -1.95. The number of nitrogens with zero attached hydrogens (tertiary/aromatic N) is 3. The van der Waals surface area contributed by atoms with Gasteiger partial charge in [-0.25, -0.2) is 5.10 Å². The van der Waals surface area contributed by atoms with Gasteiger partial charge in [0.1, 0.15) is 5.75 Å². The second-order valence-corrected chi connectivity index (χ2v) is 5.46. The van der Waals surface area contributed by atoms with Crippen molar-refractivity contribution in [1.29, 1.82) is 0 Å². The molecule has 5 nitrogen and oxygen atoms in total. The van der Waals surface area contributed by atoms with E-state index in [0.29, 0.717) is 10.6 Å². The lowest BCUT2D eigenvalue weighted by Gasteiger charge is -2.03. The predicted molar refractivity (Wildman–Crippen MR) is 86.7 cm³/mol. The van der Waals surface area contributed by atoms with Crippen LogP contribution in [0.25, 0.3) is 10.7 Å². The smallest absolute Gasteiger partial charge is 0.216 e. The predicted octanol–water partition coefficient (Wildman–Crippen LogP) is 3.56. The van der Waals surface area contributed by atoms with Gasteiger partial charge in [0.15, 0.2) is 5.82 Å². The quantitative estimate of drug-likeness (QED) is 0.591. The molecule has 0 spiro atoms. The molecular formula is C14H12N4OS2. The summed E-state index contributed by atoms with van der Waals surface area (Å²) < 4.78 is 7.35. The molecule has 0 bridgehead atoms. The van der Waals surface area contributed by atoms with Crippen molar-refractivity contribution in [2.45, 2.75) is 0 Å². The minimum absolute atomic E-state index is 0.449. The maximum atomic E-state index is 5.30. The highest BCUT2D eigenvalue weighted by Gasteiger charge is 2.08. The first kappa shape index (κ1) is 13.7. The molecule has 1 N–H and O–H groups in total. The van der Waals surface area contributed by atoms with Gasteiger partial charge in [-0.05, 0) is 35.8 Å². The van der Waals surface area contributed by atoms with Gasteiger partial charge in [-0.1, -0.05) is 18.2 Å². The maximum Gasteiger partial charge on any atom is 0.216 e. The average molecular weight is 316 g/mol. The third-order valence-electron chi connectivity index (χ3n) is 2.84. The van der Waals surface area contributed by atoms with Gasteiger partial charge in [-0.3, -0.25) is 0 Å². The van der Waals surface area contributed by atoms with Crippen molar-refractivity contribution in [1.82, 2.24) is 14.9 Å². The molecule has 106 valence electrons. The number of hydrogen-bond acceptors (Lipinski definition) is 5. The Kier molecular flexibility index (Phi) is 3.94. The summed E-state index contributed by atoms with van der Waals surface area (Å²) in [4.78, 5) is 1.000. The van der Waals surface area contributed by atoms with E-state index in [1.807, 2.05) is 41.8 Å². The minimum atomic E-state index is 0.449. The summed E-state index contributed by atoms with van der Waals surface area (Å²) in [5, 5.41) is 13.4. The van der Waals surface area contributed by atoms with E-state index < -0.39 is 0 Å². The van der Waals surface area contributed by atoms with Gasteiger partial charge in [-0.2, -0.15) is 14.9 Å². The summed E-state index contributed by atoms with van der Waals surface area (Å²) in [6.07, 6.45) is 1.71. The first-order valence-corrected chi connectivity index (χ1v) is 7.47. The number of benzene rings is 1. The van der Waals surface area contributed by atoms with E-state index in [-0.39, 0.29) is 0 Å². The summed E-state index contributed by atoms with van der Waals surface area (Å²) in [6, 6.07) is 11.6. The van der Waals surface area contributed by atoms with Gasteiger partial charge >= 0.3 is 0 Å². The molecule has 0 aliphatic rings. The third-order valence-corrected chi connectivity index (χ3v) is 3.97. The maximum absolute atomic E-state index is 5.30. The Labute approximate surface area is 130 Å². The van der Waals surface area contributed by atoms with Crippen LogP contribution in [0.1, 0.15) is 5.56 Å². The van der Waals surface area contributed by atoms with E-state index in [1.165, 1.54) is 0 Å². The van der Waals surface area contributed by atoms with Crippen molar-refractivity contribution in [3.8, 4) is 16.5 Å². The van der Waals surface area contributed by atoms with Crippen LogP contribution in [0, 0.1) is 4.77 Å². The van der Waals surface area contributed by atoms with Gasteiger partial charge in [0, 0.05) is 5.56 Å². The average Bonchev–Trinajstić information content (AvgIpc) is 3.15. The first-order valence-electron chi connectivity index (χ1n) is 6.18. The molecule has 0 fully saturated rings. The number of thiophene rings is 1. The van der Waals surface area contributed by atoms with E-state index in [0.717, 1.165) is 16.2 Å². The molecule has 0 saturated heterocycles. The van der Waals surface area contributed by atoms with Crippen LogP contribution < -0.4 is 4.74 Å². The largest absolute Gasteiger partial charge is 0.496 e. The molecule has 0 aliphatic carbocycles. The minimum Gasteiger partial charge on any atom is -0.496 e. The van der Waals surface area contributed by atoms with Crippen LogP contribution in [0.5, 0.6) is 5.75 Å². The normalized spacial score (nSPS) is 11.1. The lowest BCUT2D eigenvalue weighted by atomic mass is 10.2. The molecule has 7 heteroatoms. The summed E-state index contributed by atoms with van der Waals surface area (Å²) in [7, 11) is 1.63. The fourth-order valence-electron chi connectivity index (χ4n) is 1.86. The van der Waals surface area contributed by atoms with Crippen molar-refractivity contribution in [2.24, 2.45) is 5.10 Å². The molecule has 1 aromatic carbocycles. The number of nitrogens with one attached hydrogen (secondary N) is 1. The molecule has 2 heterocycles. The second kappa shape index (κ2) is 6.02. The highest BCUT2D eigenvalue weighted by atomic mass is 32.1. The molecule has 21 heavy (non-hydrogen) atoms. The van der Waals surface area contributed by atoms with E-state index >= 15 is 0 Å². The Morgan fingerprint density at radius 3 is 2.95 bits per heavy atom. The van der Waals surface area contributed by atoms with Crippen molar-refractivity contribution in [2.75, 3.05) is 7.11 Å². The summed E-state index contributed by atoms with van der Waals surface area (Å²) >= 11 is 6.81. The molecule has 2 aromatic heterocycles. The van der Waals surface area contributed by atoms with Crippen LogP contribution in [-0.4, -0.2) is 28.2 Å². The number of rotatable bonds is 4. The zero-order chi connectivity index (χ0) is 14.7. The van der Waals surface area contributed by atoms with Crippen LogP contribution in [0.2, 0.25) is 0 Å². The third kappa shape index (κ3) is 2.79. The summed E-state index contributed by atoms with van der Waals surface area (Å²) in [5.41, 5.74) is 0.875. The number of methoxy groups -OCH3 is 1. The number of aromatic amines is 1. The van der Waals surface area contributed by atoms with Crippen LogP contribution in [-0.2, 0) is 0 Å². The molecule has 3 rings (SSSR count). The van der Waals surface area contributed by atoms with E-state index in [1.54, 1.807) is 29.3 Å². The van der Waals surface area contributed by atoms with Crippen molar-refractivity contribution in [3.05, 3.63) is 52.1 Å². The Hall–Kier alpha value is -2.25. The van der Waals surface area contributed by atoms with Crippen molar-refractivity contribution >= 4 is 29.8 Å². The van der Waals surface area contributed by atoms with Gasteiger partial charge in [0.05, 0.1) is 18.2 Å². The molecular weight excluding hydrogens is 304 g/mol. The number of para-hydroxylation sites is 1. The number of hydrogen-bond donors (Lipinski definition) is 1. The van der Waals surface area contributed by atoms with Crippen molar-refractivity contribution in [3.63, 3.8) is 0 Å². The van der Waals surface area contributed by atoms with Gasteiger partial charge in [0.25, 0.3) is 0 Å².